The lowest BCUT2D eigenvalue weighted by Gasteiger charge is -2.06. The predicted octanol–water partition coefficient (Wildman–Crippen LogP) is 4.09. The number of halogens is 1. The van der Waals surface area contributed by atoms with E-state index in [2.05, 4.69) is 32.8 Å². The summed E-state index contributed by atoms with van der Waals surface area (Å²) in [7, 11) is 0. The first kappa shape index (κ1) is 15.1. The van der Waals surface area contributed by atoms with Gasteiger partial charge in [-0.2, -0.15) is 0 Å². The van der Waals surface area contributed by atoms with Crippen LogP contribution in [0.3, 0.4) is 0 Å². The molecule has 0 fully saturated rings. The van der Waals surface area contributed by atoms with E-state index < -0.39 is 0 Å². The van der Waals surface area contributed by atoms with Gasteiger partial charge in [0.2, 0.25) is 0 Å². The second kappa shape index (κ2) is 5.87. The van der Waals surface area contributed by atoms with Gasteiger partial charge in [0.05, 0.1) is 16.7 Å². The second-order valence-electron chi connectivity index (χ2n) is 5.64. The molecule has 0 aliphatic heterocycles. The van der Waals surface area contributed by atoms with Crippen molar-refractivity contribution in [3.63, 3.8) is 0 Å². The lowest BCUT2D eigenvalue weighted by atomic mass is 10.2. The fourth-order valence-corrected chi connectivity index (χ4v) is 3.28. The van der Waals surface area contributed by atoms with Crippen molar-refractivity contribution in [1.82, 2.24) is 18.9 Å². The number of para-hydroxylation sites is 2. The van der Waals surface area contributed by atoms with Gasteiger partial charge in [-0.3, -0.25) is 13.8 Å². The first-order chi connectivity index (χ1) is 11.7. The minimum atomic E-state index is -0.113. The molecule has 0 bridgehead atoms. The van der Waals surface area contributed by atoms with Crippen molar-refractivity contribution in [3.05, 3.63) is 64.8 Å². The van der Waals surface area contributed by atoms with E-state index in [0.717, 1.165) is 39.7 Å². The van der Waals surface area contributed by atoms with Crippen molar-refractivity contribution in [1.29, 1.82) is 0 Å². The molecule has 4 aromatic rings. The van der Waals surface area contributed by atoms with Crippen LogP contribution in [0.1, 0.15) is 29.5 Å². The lowest BCUT2D eigenvalue weighted by molar-refractivity contribution is 0.0957. The number of aryl methyl sites for hydroxylation is 1. The summed E-state index contributed by atoms with van der Waals surface area (Å²) in [5.41, 5.74) is 3.79. The third-order valence-corrected chi connectivity index (χ3v) is 4.49. The number of hydrogen-bond acceptors (Lipinski definition) is 3. The highest BCUT2D eigenvalue weighted by molar-refractivity contribution is 9.10. The number of pyridine rings is 1. The standard InChI is InChI=1S/C18H15BrN4O/c1-2-5-14-17(22-10-12(19)8-9-16(22)21-14)18(24)23-11-20-13-6-3-4-7-15(13)23/h3-4,6-11H,2,5H2,1H3. The van der Waals surface area contributed by atoms with Gasteiger partial charge in [0.25, 0.3) is 5.91 Å². The fraction of sp³-hybridized carbons (Fsp3) is 0.167. The molecule has 0 saturated carbocycles. The molecule has 0 amide bonds. The molecule has 5 nitrogen and oxygen atoms in total. The monoisotopic (exact) mass is 382 g/mol. The van der Waals surface area contributed by atoms with Gasteiger partial charge in [0, 0.05) is 10.7 Å². The molecule has 0 radical (unpaired) electrons. The lowest BCUT2D eigenvalue weighted by Crippen LogP contribution is -2.15. The van der Waals surface area contributed by atoms with Crippen molar-refractivity contribution in [3.8, 4) is 0 Å². The second-order valence-corrected chi connectivity index (χ2v) is 6.56. The van der Waals surface area contributed by atoms with E-state index in [1.165, 1.54) is 0 Å². The number of hydrogen-bond donors (Lipinski definition) is 0. The number of carbonyl (C=O) groups excluding carboxylic acids is 1. The number of rotatable bonds is 3. The third kappa shape index (κ3) is 2.34. The molecule has 0 unspecified atom stereocenters. The maximum Gasteiger partial charge on any atom is 0.282 e. The van der Waals surface area contributed by atoms with Crippen LogP contribution >= 0.6 is 15.9 Å². The molecule has 3 aromatic heterocycles. The molecule has 24 heavy (non-hydrogen) atoms. The highest BCUT2D eigenvalue weighted by Crippen LogP contribution is 2.21. The Hall–Kier alpha value is -2.47. The molecular formula is C18H15BrN4O. The summed E-state index contributed by atoms with van der Waals surface area (Å²) in [6.07, 6.45) is 5.15. The van der Waals surface area contributed by atoms with Crippen molar-refractivity contribution in [2.24, 2.45) is 0 Å². The Morgan fingerprint density at radius 2 is 2.04 bits per heavy atom. The Kier molecular flexibility index (Phi) is 3.69. The maximum absolute atomic E-state index is 13.3. The number of aromatic nitrogens is 4. The first-order valence-electron chi connectivity index (χ1n) is 7.82. The summed E-state index contributed by atoms with van der Waals surface area (Å²) in [6, 6.07) is 11.5. The van der Waals surface area contributed by atoms with Crippen LogP contribution in [0.5, 0.6) is 0 Å². The number of imidazole rings is 2. The molecule has 0 aliphatic rings. The minimum Gasteiger partial charge on any atom is -0.294 e. The number of fused-ring (bicyclic) bond motifs is 2. The van der Waals surface area contributed by atoms with Crippen LogP contribution in [0, 0.1) is 0 Å². The number of nitrogens with zero attached hydrogens (tertiary/aromatic N) is 4. The van der Waals surface area contributed by atoms with E-state index in [1.807, 2.05) is 47.0 Å². The van der Waals surface area contributed by atoms with Gasteiger partial charge in [0.1, 0.15) is 17.7 Å². The molecule has 0 spiro atoms. The predicted molar refractivity (Wildman–Crippen MR) is 96.3 cm³/mol. The van der Waals surface area contributed by atoms with Crippen LogP contribution < -0.4 is 0 Å². The van der Waals surface area contributed by atoms with Crippen molar-refractivity contribution in [2.75, 3.05) is 0 Å². The molecule has 0 N–H and O–H groups in total. The van der Waals surface area contributed by atoms with Gasteiger partial charge in [-0.15, -0.1) is 0 Å². The summed E-state index contributed by atoms with van der Waals surface area (Å²) < 4.78 is 4.35. The highest BCUT2D eigenvalue weighted by atomic mass is 79.9. The first-order valence-corrected chi connectivity index (χ1v) is 8.61. The summed E-state index contributed by atoms with van der Waals surface area (Å²) in [4.78, 5) is 22.2. The zero-order chi connectivity index (χ0) is 16.7. The van der Waals surface area contributed by atoms with Gasteiger partial charge >= 0.3 is 0 Å². The quantitative estimate of drug-likeness (QED) is 0.536. The van der Waals surface area contributed by atoms with E-state index in [9.17, 15) is 4.79 Å². The van der Waals surface area contributed by atoms with Gasteiger partial charge in [-0.25, -0.2) is 9.97 Å². The SMILES string of the molecule is CCCc1nc2ccc(Br)cn2c1C(=O)n1cnc2ccccc21. The van der Waals surface area contributed by atoms with Gasteiger partial charge in [-0.05, 0) is 46.6 Å². The van der Waals surface area contributed by atoms with Crippen LogP contribution in [0.25, 0.3) is 16.7 Å². The molecule has 0 atom stereocenters. The van der Waals surface area contributed by atoms with Crippen molar-refractivity contribution < 1.29 is 4.79 Å². The molecular weight excluding hydrogens is 368 g/mol. The summed E-state index contributed by atoms with van der Waals surface area (Å²) in [6.45, 7) is 2.08. The number of benzene rings is 1. The van der Waals surface area contributed by atoms with E-state index in [1.54, 1.807) is 10.9 Å². The average Bonchev–Trinajstić information content (AvgIpc) is 3.15. The zero-order valence-corrected chi connectivity index (χ0v) is 14.7. The Morgan fingerprint density at radius 1 is 1.21 bits per heavy atom. The zero-order valence-electron chi connectivity index (χ0n) is 13.1. The van der Waals surface area contributed by atoms with Crippen LogP contribution in [0.15, 0.2) is 53.4 Å². The summed E-state index contributed by atoms with van der Waals surface area (Å²) >= 11 is 3.47. The highest BCUT2D eigenvalue weighted by Gasteiger charge is 2.21. The topological polar surface area (TPSA) is 52.2 Å². The molecule has 6 heteroatoms. The van der Waals surface area contributed by atoms with E-state index in [0.29, 0.717) is 5.69 Å². The maximum atomic E-state index is 13.3. The third-order valence-electron chi connectivity index (χ3n) is 4.02. The van der Waals surface area contributed by atoms with E-state index in [-0.39, 0.29) is 5.91 Å². The van der Waals surface area contributed by atoms with E-state index >= 15 is 0 Å². The Morgan fingerprint density at radius 3 is 2.88 bits per heavy atom. The van der Waals surface area contributed by atoms with Crippen LogP contribution in [0.2, 0.25) is 0 Å². The van der Waals surface area contributed by atoms with Gasteiger partial charge in [0.15, 0.2) is 0 Å². The molecule has 3 heterocycles. The van der Waals surface area contributed by atoms with Crippen LogP contribution in [-0.4, -0.2) is 24.8 Å². The Bertz CT molecular complexity index is 1060. The Labute approximate surface area is 147 Å². The molecule has 4 rings (SSSR count). The van der Waals surface area contributed by atoms with Crippen molar-refractivity contribution in [2.45, 2.75) is 19.8 Å². The molecule has 0 aliphatic carbocycles. The van der Waals surface area contributed by atoms with Crippen molar-refractivity contribution >= 4 is 38.5 Å². The normalized spacial score (nSPS) is 11.4. The largest absolute Gasteiger partial charge is 0.294 e. The smallest absolute Gasteiger partial charge is 0.282 e. The summed E-state index contributed by atoms with van der Waals surface area (Å²) in [5, 5.41) is 0. The molecule has 0 saturated heterocycles. The Balaban J connectivity index is 1.95. The average molecular weight is 383 g/mol. The fourth-order valence-electron chi connectivity index (χ4n) is 2.94. The van der Waals surface area contributed by atoms with Crippen LogP contribution in [-0.2, 0) is 6.42 Å². The van der Waals surface area contributed by atoms with Crippen LogP contribution in [0.4, 0.5) is 0 Å². The summed E-state index contributed by atoms with van der Waals surface area (Å²) in [5.74, 6) is -0.113. The van der Waals surface area contributed by atoms with Gasteiger partial charge in [-0.1, -0.05) is 25.5 Å². The van der Waals surface area contributed by atoms with E-state index in [4.69, 9.17) is 0 Å². The van der Waals surface area contributed by atoms with Gasteiger partial charge < -0.3 is 0 Å². The molecule has 120 valence electrons. The number of carbonyl (C=O) groups is 1. The molecule has 1 aromatic carbocycles. The minimum absolute atomic E-state index is 0.113.